The number of nitrogens with two attached hydrogens (primary N) is 2. The summed E-state index contributed by atoms with van der Waals surface area (Å²) >= 11 is 0. The van der Waals surface area contributed by atoms with E-state index in [1.807, 2.05) is 46.7 Å². The molecule has 0 radical (unpaired) electrons. The monoisotopic (exact) mass is 991 g/mol. The first-order valence-electron chi connectivity index (χ1n) is 27.1. The van der Waals surface area contributed by atoms with Crippen molar-refractivity contribution in [3.05, 3.63) is 69.9 Å². The van der Waals surface area contributed by atoms with Crippen LogP contribution in [0.2, 0.25) is 0 Å². The molecule has 3 saturated carbocycles. The van der Waals surface area contributed by atoms with E-state index in [1.165, 1.54) is 88.3 Å². The summed E-state index contributed by atoms with van der Waals surface area (Å²) in [7, 11) is 3.94. The molecule has 0 spiro atoms. The van der Waals surface area contributed by atoms with Gasteiger partial charge in [0.1, 0.15) is 24.2 Å². The van der Waals surface area contributed by atoms with Crippen molar-refractivity contribution in [1.29, 1.82) is 0 Å². The highest BCUT2D eigenvalue weighted by Gasteiger charge is 2.39. The molecule has 4 aliphatic carbocycles. The molecule has 384 valence electrons. The summed E-state index contributed by atoms with van der Waals surface area (Å²) in [5, 5.41) is 49.4. The number of aliphatic imine (C=N–C) groups is 1. The van der Waals surface area contributed by atoms with E-state index in [0.717, 1.165) is 90.8 Å². The van der Waals surface area contributed by atoms with Gasteiger partial charge >= 0.3 is 0 Å². The third-order valence-corrected chi connectivity index (χ3v) is 19.4. The van der Waals surface area contributed by atoms with Crippen molar-refractivity contribution >= 4 is 27.5 Å². The van der Waals surface area contributed by atoms with Crippen molar-refractivity contribution in [2.24, 2.45) is 52.0 Å². The number of aromatic hydroxyl groups is 1. The topological polar surface area (TPSA) is 208 Å². The summed E-state index contributed by atoms with van der Waals surface area (Å²) in [5.41, 5.74) is 18.5. The summed E-state index contributed by atoms with van der Waals surface area (Å²) in [5.74, 6) is 8.84. The standard InChI is InChI=1S/C55H86N6O6S2/c1-34-15-18-39-24-41(32-68-69-33-50(34)61-55(57)59-42-11-4-3-5-12-42)47(56)26-38(39)9-6-7-14-53-40(30-62)25-43(67-53)20-16-36-17-22-51(64)54(23-36)66-31-52(65)49-27-45-46(29-58-28-35(2)63)44-13-8-10-37(44)19-21-48(45)60-49/h17,22-23,25,27,34-35,37-39,41-42,44,46-47,50,52,58,60,62-65H,3-16,18-21,24,26,28-33,56H2,1-2H3,(H3,57,59,61). The van der Waals surface area contributed by atoms with Crippen molar-refractivity contribution in [3.63, 3.8) is 0 Å². The predicted octanol–water partition coefficient (Wildman–Crippen LogP) is 9.22. The molecule has 3 heterocycles. The minimum Gasteiger partial charge on any atom is -0.504 e. The van der Waals surface area contributed by atoms with Crippen LogP contribution in [0.15, 0.2) is 39.7 Å². The van der Waals surface area contributed by atoms with E-state index in [0.29, 0.717) is 72.6 Å². The van der Waals surface area contributed by atoms with E-state index in [-0.39, 0.29) is 31.0 Å². The summed E-state index contributed by atoms with van der Waals surface area (Å²) < 4.78 is 12.5. The van der Waals surface area contributed by atoms with Crippen LogP contribution in [0, 0.1) is 35.5 Å². The molecule has 1 aliphatic heterocycles. The third-order valence-electron chi connectivity index (χ3n) is 16.9. The third kappa shape index (κ3) is 14.4. The molecular formula is C55H86N6O6S2. The van der Waals surface area contributed by atoms with Gasteiger partial charge in [0.25, 0.3) is 0 Å². The number of phenols is 1. The smallest absolute Gasteiger partial charge is 0.189 e. The van der Waals surface area contributed by atoms with Crippen LogP contribution >= 0.6 is 21.6 Å². The predicted molar refractivity (Wildman–Crippen MR) is 282 cm³/mol. The Kier molecular flexibility index (Phi) is 19.5. The number of aliphatic hydroxyl groups excluding tert-OH is 3. The quantitative estimate of drug-likeness (QED) is 0.0239. The average Bonchev–Trinajstić information content (AvgIpc) is 4.08. The average molecular weight is 991 g/mol. The number of aryl methyl sites for hydroxylation is 4. The lowest BCUT2D eigenvalue weighted by Crippen LogP contribution is -2.42. The number of phenolic OH excluding ortho intramolecular Hbond substituents is 1. The maximum Gasteiger partial charge on any atom is 0.189 e. The summed E-state index contributed by atoms with van der Waals surface area (Å²) in [6, 6.07) is 10.5. The van der Waals surface area contributed by atoms with Gasteiger partial charge in [-0.2, -0.15) is 0 Å². The molecule has 11 N–H and O–H groups in total. The van der Waals surface area contributed by atoms with Gasteiger partial charge in [0.05, 0.1) is 18.8 Å². The first-order chi connectivity index (χ1) is 33.5. The molecule has 1 aromatic carbocycles. The molecule has 4 fully saturated rings. The Hall–Kier alpha value is -2.85. The zero-order valence-corrected chi connectivity index (χ0v) is 43.4. The highest BCUT2D eigenvalue weighted by Crippen LogP contribution is 2.48. The molecule has 12 nitrogen and oxygen atoms in total. The first kappa shape index (κ1) is 52.5. The number of guanidine groups is 1. The van der Waals surface area contributed by atoms with Gasteiger partial charge in [-0.05, 0) is 148 Å². The SMILES string of the molecule is CC(O)CNCC1c2cc(C(O)COc3cc(CCc4cc(CO)c(CCCCC5CC(N)C6CSSCC(N=C(N)NC7CCCCC7)C(C)CCC5C6)o4)ccc3O)[nH]c2CCC2CCCC21. The number of aliphatic hydroxyl groups is 3. The minimum atomic E-state index is -0.883. The lowest BCUT2D eigenvalue weighted by molar-refractivity contribution is 0.103. The molecule has 2 aromatic heterocycles. The van der Waals surface area contributed by atoms with Crippen LogP contribution in [-0.4, -0.2) is 86.8 Å². The number of furan rings is 1. The number of nitrogens with zero attached hydrogens (tertiary/aromatic N) is 1. The van der Waals surface area contributed by atoms with Gasteiger partial charge in [-0.1, -0.05) is 79.5 Å². The van der Waals surface area contributed by atoms with Gasteiger partial charge in [-0.15, -0.1) is 0 Å². The number of fused-ring (bicyclic) bond motifs is 4. The van der Waals surface area contributed by atoms with Gasteiger partial charge < -0.3 is 56.7 Å². The Morgan fingerprint density at radius 3 is 2.59 bits per heavy atom. The number of nitrogens with one attached hydrogen (secondary N) is 3. The molecule has 1 saturated heterocycles. The maximum atomic E-state index is 11.4. The number of hydrogen-bond acceptors (Lipinski definition) is 11. The molecule has 8 rings (SSSR count). The van der Waals surface area contributed by atoms with E-state index in [1.54, 1.807) is 6.07 Å². The number of benzene rings is 1. The van der Waals surface area contributed by atoms with Crippen molar-refractivity contribution in [2.45, 2.75) is 185 Å². The van der Waals surface area contributed by atoms with Gasteiger partial charge in [0.2, 0.25) is 0 Å². The fraction of sp³-hybridized carbons (Fsp3) is 0.727. The Morgan fingerprint density at radius 1 is 0.928 bits per heavy atom. The number of aromatic nitrogens is 1. The zero-order valence-electron chi connectivity index (χ0n) is 41.7. The van der Waals surface area contributed by atoms with Crippen molar-refractivity contribution in [3.8, 4) is 11.5 Å². The molecule has 2 bridgehead atoms. The summed E-state index contributed by atoms with van der Waals surface area (Å²) in [6.45, 7) is 5.53. The highest BCUT2D eigenvalue weighted by molar-refractivity contribution is 8.76. The highest BCUT2D eigenvalue weighted by atomic mass is 33.1. The number of ether oxygens (including phenoxy) is 1. The van der Waals surface area contributed by atoms with E-state index in [9.17, 15) is 20.4 Å². The Bertz CT molecular complexity index is 2070. The number of hydrogen-bond donors (Lipinski definition) is 9. The second kappa shape index (κ2) is 25.7. The summed E-state index contributed by atoms with van der Waals surface area (Å²) in [6.07, 6.45) is 21.0. The van der Waals surface area contributed by atoms with Crippen LogP contribution in [0.4, 0.5) is 0 Å². The second-order valence-electron chi connectivity index (χ2n) is 22.0. The molecule has 14 heteroatoms. The molecule has 11 unspecified atom stereocenters. The van der Waals surface area contributed by atoms with Crippen LogP contribution in [0.5, 0.6) is 11.5 Å². The van der Waals surface area contributed by atoms with Crippen LogP contribution in [0.1, 0.15) is 168 Å². The van der Waals surface area contributed by atoms with Crippen molar-refractivity contribution in [1.82, 2.24) is 15.6 Å². The Balaban J connectivity index is 0.808. The van der Waals surface area contributed by atoms with Gasteiger partial charge in [-0.25, -0.2) is 4.99 Å². The van der Waals surface area contributed by atoms with Gasteiger partial charge in [0, 0.05) is 72.4 Å². The van der Waals surface area contributed by atoms with Gasteiger partial charge in [-0.3, -0.25) is 0 Å². The number of rotatable bonds is 19. The largest absolute Gasteiger partial charge is 0.504 e. The normalized spacial score (nSPS) is 29.1. The molecule has 5 aliphatic rings. The lowest BCUT2D eigenvalue weighted by Gasteiger charge is -2.40. The van der Waals surface area contributed by atoms with E-state index >= 15 is 0 Å². The molecule has 69 heavy (non-hydrogen) atoms. The van der Waals surface area contributed by atoms with E-state index in [2.05, 4.69) is 28.6 Å². The number of H-pyrrole nitrogens is 1. The maximum absolute atomic E-state index is 11.4. The van der Waals surface area contributed by atoms with Gasteiger partial charge in [0.15, 0.2) is 17.5 Å². The van der Waals surface area contributed by atoms with E-state index < -0.39 is 12.2 Å². The van der Waals surface area contributed by atoms with Crippen molar-refractivity contribution in [2.75, 3.05) is 31.2 Å². The fourth-order valence-electron chi connectivity index (χ4n) is 12.8. The van der Waals surface area contributed by atoms with Crippen LogP contribution < -0.4 is 26.8 Å². The second-order valence-corrected chi connectivity index (χ2v) is 24.5. The molecule has 0 amide bonds. The van der Waals surface area contributed by atoms with Crippen molar-refractivity contribution < 1.29 is 29.6 Å². The zero-order chi connectivity index (χ0) is 48.3. The first-order valence-corrected chi connectivity index (χ1v) is 29.5. The number of unbranched alkanes of at least 4 members (excludes halogenated alkanes) is 1. The number of aromatic amines is 1. The van der Waals surface area contributed by atoms with Crippen LogP contribution in [0.25, 0.3) is 0 Å². The minimum absolute atomic E-state index is 0.00536. The van der Waals surface area contributed by atoms with Crippen LogP contribution in [0.3, 0.4) is 0 Å². The molecular weight excluding hydrogens is 905 g/mol. The Labute approximate surface area is 420 Å². The Morgan fingerprint density at radius 2 is 1.77 bits per heavy atom. The van der Waals surface area contributed by atoms with E-state index in [4.69, 9.17) is 25.6 Å². The van der Waals surface area contributed by atoms with Crippen LogP contribution in [-0.2, 0) is 32.3 Å². The summed E-state index contributed by atoms with van der Waals surface area (Å²) in [4.78, 5) is 8.65. The lowest BCUT2D eigenvalue weighted by atomic mass is 9.68. The molecule has 11 atom stereocenters. The molecule has 3 aromatic rings. The fourth-order valence-corrected chi connectivity index (χ4v) is 15.6.